The number of benzene rings is 2. The summed E-state index contributed by atoms with van der Waals surface area (Å²) in [6.07, 6.45) is 2.11. The molecule has 4 aliphatic rings. The van der Waals surface area contributed by atoms with E-state index in [9.17, 15) is 4.79 Å². The number of hydrogen-bond acceptors (Lipinski definition) is 3. The summed E-state index contributed by atoms with van der Waals surface area (Å²) in [4.78, 5) is 17.9. The van der Waals surface area contributed by atoms with Gasteiger partial charge in [0.1, 0.15) is 0 Å². The topological polar surface area (TPSA) is 32.8 Å². The zero-order chi connectivity index (χ0) is 16.3. The van der Waals surface area contributed by atoms with E-state index in [2.05, 4.69) is 29.2 Å². The van der Waals surface area contributed by atoms with Crippen LogP contribution < -0.4 is 0 Å². The maximum absolute atomic E-state index is 13.4. The van der Waals surface area contributed by atoms with Gasteiger partial charge in [-0.1, -0.05) is 30.3 Å². The van der Waals surface area contributed by atoms with E-state index in [1.54, 1.807) is 7.11 Å². The third-order valence-corrected chi connectivity index (χ3v) is 6.12. The molecular weight excluding hydrogens is 300 g/mol. The number of ether oxygens (including phenoxy) is 1. The average Bonchev–Trinajstić information content (AvgIpc) is 2.65. The van der Waals surface area contributed by atoms with Crippen LogP contribution in [0.2, 0.25) is 0 Å². The number of rotatable bonds is 2. The Hall–Kier alpha value is -1.91. The third-order valence-electron chi connectivity index (χ3n) is 6.12. The van der Waals surface area contributed by atoms with E-state index in [1.807, 2.05) is 17.0 Å². The van der Waals surface area contributed by atoms with Crippen molar-refractivity contribution in [1.29, 1.82) is 0 Å². The molecule has 0 radical (unpaired) electrons. The van der Waals surface area contributed by atoms with E-state index in [-0.39, 0.29) is 18.2 Å². The van der Waals surface area contributed by atoms with Gasteiger partial charge in [-0.05, 0) is 43.3 Å². The minimum Gasteiger partial charge on any atom is -0.357 e. The van der Waals surface area contributed by atoms with Gasteiger partial charge in [0.2, 0.25) is 0 Å². The van der Waals surface area contributed by atoms with Crippen LogP contribution in [-0.4, -0.2) is 48.5 Å². The third kappa shape index (κ3) is 1.90. The van der Waals surface area contributed by atoms with Crippen molar-refractivity contribution in [3.8, 4) is 0 Å². The molecule has 2 aromatic rings. The minimum absolute atomic E-state index is 0.130. The highest BCUT2D eigenvalue weighted by Crippen LogP contribution is 2.42. The number of carbonyl (C=O) groups excluding carboxylic acids is 1. The molecule has 6 rings (SSSR count). The Kier molecular flexibility index (Phi) is 3.19. The Morgan fingerprint density at radius 2 is 1.83 bits per heavy atom. The molecule has 3 saturated heterocycles. The second-order valence-corrected chi connectivity index (χ2v) is 7.26. The molecule has 24 heavy (non-hydrogen) atoms. The fourth-order valence-corrected chi connectivity index (χ4v) is 4.96. The normalized spacial score (nSPS) is 31.7. The second kappa shape index (κ2) is 5.30. The summed E-state index contributed by atoms with van der Waals surface area (Å²) in [5, 5.41) is 2.18. The number of amides is 1. The molecule has 2 bridgehead atoms. The summed E-state index contributed by atoms with van der Waals surface area (Å²) < 4.78 is 5.87. The smallest absolute Gasteiger partial charge is 0.257 e. The Balaban J connectivity index is 1.66. The summed E-state index contributed by atoms with van der Waals surface area (Å²) in [6.45, 7) is 3.33. The highest BCUT2D eigenvalue weighted by Gasteiger charge is 2.45. The molecule has 4 aliphatic heterocycles. The molecule has 0 aliphatic carbocycles. The zero-order valence-electron chi connectivity index (χ0n) is 13.9. The minimum atomic E-state index is -0.276. The molecule has 4 heterocycles. The molecule has 0 saturated carbocycles. The van der Waals surface area contributed by atoms with Gasteiger partial charge in [-0.15, -0.1) is 0 Å². The van der Waals surface area contributed by atoms with Gasteiger partial charge in [0.05, 0.1) is 6.04 Å². The van der Waals surface area contributed by atoms with Crippen LogP contribution in [-0.2, 0) is 4.74 Å². The number of hydrogen-bond donors (Lipinski definition) is 0. The molecule has 2 unspecified atom stereocenters. The summed E-state index contributed by atoms with van der Waals surface area (Å²) in [6, 6.07) is 12.5. The molecule has 2 aromatic carbocycles. The second-order valence-electron chi connectivity index (χ2n) is 7.26. The monoisotopic (exact) mass is 322 g/mol. The van der Waals surface area contributed by atoms with Crippen LogP contribution >= 0.6 is 0 Å². The van der Waals surface area contributed by atoms with Crippen molar-refractivity contribution in [2.45, 2.75) is 25.1 Å². The van der Waals surface area contributed by atoms with Gasteiger partial charge in [0, 0.05) is 30.2 Å². The van der Waals surface area contributed by atoms with Gasteiger partial charge in [-0.3, -0.25) is 4.79 Å². The van der Waals surface area contributed by atoms with Crippen molar-refractivity contribution in [3.63, 3.8) is 0 Å². The molecule has 4 heteroatoms. The number of fused-ring (bicyclic) bond motifs is 3. The van der Waals surface area contributed by atoms with Crippen molar-refractivity contribution in [3.05, 3.63) is 47.5 Å². The molecule has 124 valence electrons. The summed E-state index contributed by atoms with van der Waals surface area (Å²) >= 11 is 0. The highest BCUT2D eigenvalue weighted by molar-refractivity contribution is 6.10. The van der Waals surface area contributed by atoms with Gasteiger partial charge >= 0.3 is 0 Å². The van der Waals surface area contributed by atoms with E-state index in [0.29, 0.717) is 5.92 Å². The maximum Gasteiger partial charge on any atom is 0.257 e. The molecule has 4 nitrogen and oxygen atoms in total. The van der Waals surface area contributed by atoms with E-state index in [4.69, 9.17) is 4.74 Å². The Morgan fingerprint density at radius 3 is 2.50 bits per heavy atom. The van der Waals surface area contributed by atoms with Crippen LogP contribution in [0.1, 0.15) is 35.0 Å². The molecule has 0 aromatic heterocycles. The van der Waals surface area contributed by atoms with E-state index in [0.717, 1.165) is 28.4 Å². The van der Waals surface area contributed by atoms with Gasteiger partial charge in [0.25, 0.3) is 5.91 Å². The summed E-state index contributed by atoms with van der Waals surface area (Å²) in [5.74, 6) is 0.728. The highest BCUT2D eigenvalue weighted by atomic mass is 16.5. The predicted octanol–water partition coefficient (Wildman–Crippen LogP) is 3.03. The molecule has 1 amide bonds. The molecule has 2 atom stereocenters. The SMILES string of the molecule is COC1c2cccc3cccc(c23)C(=O)N1C1CN2CCC1CC2. The van der Waals surface area contributed by atoms with Crippen LogP contribution in [0.3, 0.4) is 0 Å². The quantitative estimate of drug-likeness (QED) is 0.852. The van der Waals surface area contributed by atoms with Crippen molar-refractivity contribution in [2.75, 3.05) is 26.7 Å². The van der Waals surface area contributed by atoms with Crippen molar-refractivity contribution in [1.82, 2.24) is 9.80 Å². The first kappa shape index (κ1) is 14.4. The van der Waals surface area contributed by atoms with Gasteiger partial charge in [-0.25, -0.2) is 0 Å². The first-order chi connectivity index (χ1) is 11.8. The summed E-state index contributed by atoms with van der Waals surface area (Å²) in [7, 11) is 1.72. The van der Waals surface area contributed by atoms with Crippen molar-refractivity contribution in [2.24, 2.45) is 5.92 Å². The van der Waals surface area contributed by atoms with Crippen molar-refractivity contribution >= 4 is 16.7 Å². The zero-order valence-corrected chi connectivity index (χ0v) is 13.9. The van der Waals surface area contributed by atoms with Gasteiger partial charge < -0.3 is 14.5 Å². The lowest BCUT2D eigenvalue weighted by Crippen LogP contribution is -2.60. The van der Waals surface area contributed by atoms with E-state index < -0.39 is 0 Å². The average molecular weight is 322 g/mol. The number of carbonyl (C=O) groups is 1. The Labute approximate surface area is 142 Å². The fraction of sp³-hybridized carbons (Fsp3) is 0.450. The first-order valence-electron chi connectivity index (χ1n) is 8.87. The Morgan fingerprint density at radius 1 is 1.08 bits per heavy atom. The lowest BCUT2D eigenvalue weighted by atomic mass is 9.81. The molecule has 0 N–H and O–H groups in total. The number of nitrogens with zero attached hydrogens (tertiary/aromatic N) is 2. The van der Waals surface area contributed by atoms with Gasteiger partial charge in [0.15, 0.2) is 6.23 Å². The first-order valence-corrected chi connectivity index (χ1v) is 8.87. The molecular formula is C20H22N2O2. The standard InChI is InChI=1S/C20H22N2O2/c1-24-20-16-7-3-5-14-4-2-6-15(18(14)16)19(23)22(20)17-12-21-10-8-13(17)9-11-21/h2-7,13,17,20H,8-12H2,1H3. The van der Waals surface area contributed by atoms with Crippen LogP contribution in [0, 0.1) is 5.92 Å². The van der Waals surface area contributed by atoms with E-state index >= 15 is 0 Å². The maximum atomic E-state index is 13.4. The fourth-order valence-electron chi connectivity index (χ4n) is 4.96. The number of methoxy groups -OCH3 is 1. The Bertz CT molecular complexity index is 805. The van der Waals surface area contributed by atoms with Crippen LogP contribution in [0.15, 0.2) is 36.4 Å². The van der Waals surface area contributed by atoms with Gasteiger partial charge in [-0.2, -0.15) is 0 Å². The van der Waals surface area contributed by atoms with Crippen molar-refractivity contribution < 1.29 is 9.53 Å². The van der Waals surface area contributed by atoms with Crippen LogP contribution in [0.4, 0.5) is 0 Å². The molecule has 0 spiro atoms. The largest absolute Gasteiger partial charge is 0.357 e. The van der Waals surface area contributed by atoms with Crippen LogP contribution in [0.5, 0.6) is 0 Å². The lowest BCUT2D eigenvalue weighted by Gasteiger charge is -2.51. The number of piperidine rings is 3. The lowest BCUT2D eigenvalue weighted by molar-refractivity contribution is -0.0818. The van der Waals surface area contributed by atoms with Crippen LogP contribution in [0.25, 0.3) is 10.8 Å². The van der Waals surface area contributed by atoms with E-state index in [1.165, 1.54) is 25.9 Å². The summed E-state index contributed by atoms with van der Waals surface area (Å²) in [5.41, 5.74) is 1.95. The molecule has 3 fully saturated rings. The predicted molar refractivity (Wildman–Crippen MR) is 92.8 cm³/mol.